The van der Waals surface area contributed by atoms with Crippen LogP contribution in [0.1, 0.15) is 53.1 Å². The van der Waals surface area contributed by atoms with Gasteiger partial charge in [-0.05, 0) is 71.5 Å². The zero-order valence-electron chi connectivity index (χ0n) is 19.3. The van der Waals surface area contributed by atoms with E-state index in [4.69, 9.17) is 21.7 Å². The van der Waals surface area contributed by atoms with Gasteiger partial charge in [0.25, 0.3) is 5.91 Å². The molecule has 0 saturated heterocycles. The van der Waals surface area contributed by atoms with Gasteiger partial charge in [-0.1, -0.05) is 6.07 Å². The Morgan fingerprint density at radius 1 is 1.13 bits per heavy atom. The highest BCUT2D eigenvalue weighted by Gasteiger charge is 2.32. The summed E-state index contributed by atoms with van der Waals surface area (Å²) in [7, 11) is 0. The second-order valence-corrected chi connectivity index (χ2v) is 7.56. The highest BCUT2D eigenvalue weighted by molar-refractivity contribution is 7.80. The number of allylic oxidation sites excluding steroid dienone is 1. The molecule has 1 amide bonds. The number of benzene rings is 1. The van der Waals surface area contributed by atoms with Crippen LogP contribution in [0.15, 0.2) is 29.5 Å². The Bertz CT molecular complexity index is 864. The van der Waals surface area contributed by atoms with Crippen molar-refractivity contribution >= 4 is 29.0 Å². The van der Waals surface area contributed by atoms with Crippen molar-refractivity contribution in [2.45, 2.75) is 47.6 Å². The Hall–Kier alpha value is -2.61. The molecule has 0 fully saturated rings. The van der Waals surface area contributed by atoms with Crippen molar-refractivity contribution in [2.24, 2.45) is 0 Å². The van der Waals surface area contributed by atoms with E-state index in [0.29, 0.717) is 48.4 Å². The molecule has 170 valence electrons. The molecule has 7 nitrogen and oxygen atoms in total. The lowest BCUT2D eigenvalue weighted by Gasteiger charge is -2.37. The first kappa shape index (κ1) is 24.7. The minimum Gasteiger partial charge on any atom is -0.490 e. The maximum atomic E-state index is 12.5. The summed E-state index contributed by atoms with van der Waals surface area (Å²) in [5.74, 6) is 0.926. The van der Waals surface area contributed by atoms with E-state index >= 15 is 0 Å². The Morgan fingerprint density at radius 3 is 2.35 bits per heavy atom. The maximum Gasteiger partial charge on any atom is 0.260 e. The van der Waals surface area contributed by atoms with Crippen LogP contribution in [0.2, 0.25) is 0 Å². The molecular weight excluding hydrogens is 414 g/mol. The van der Waals surface area contributed by atoms with Crippen LogP contribution < -0.4 is 14.8 Å². The summed E-state index contributed by atoms with van der Waals surface area (Å²) in [5, 5.41) is 3.87. The molecule has 0 aromatic heterocycles. The average molecular weight is 448 g/mol. The van der Waals surface area contributed by atoms with Gasteiger partial charge in [0.05, 0.1) is 12.6 Å². The third-order valence-electron chi connectivity index (χ3n) is 5.36. The molecule has 1 aromatic carbocycles. The summed E-state index contributed by atoms with van der Waals surface area (Å²) in [6.07, 6.45) is 0. The van der Waals surface area contributed by atoms with E-state index in [1.165, 1.54) is 0 Å². The fraction of sp³-hybridized carbons (Fsp3) is 0.522. The zero-order chi connectivity index (χ0) is 23.1. The quantitative estimate of drug-likeness (QED) is 0.551. The van der Waals surface area contributed by atoms with Crippen molar-refractivity contribution in [1.29, 1.82) is 0 Å². The summed E-state index contributed by atoms with van der Waals surface area (Å²) >= 11 is 5.52. The molecule has 2 rings (SSSR count). The van der Waals surface area contributed by atoms with Gasteiger partial charge < -0.3 is 24.6 Å². The fourth-order valence-corrected chi connectivity index (χ4v) is 4.15. The van der Waals surface area contributed by atoms with Gasteiger partial charge in [0.1, 0.15) is 0 Å². The normalized spacial score (nSPS) is 16.1. The van der Waals surface area contributed by atoms with E-state index in [2.05, 4.69) is 5.32 Å². The van der Waals surface area contributed by atoms with Crippen LogP contribution in [-0.4, -0.2) is 59.5 Å². The summed E-state index contributed by atoms with van der Waals surface area (Å²) < 4.78 is 11.6. The second kappa shape index (κ2) is 11.1. The summed E-state index contributed by atoms with van der Waals surface area (Å²) in [6, 6.07) is 5.12. The smallest absolute Gasteiger partial charge is 0.260 e. The summed E-state index contributed by atoms with van der Waals surface area (Å²) in [4.78, 5) is 28.4. The maximum absolute atomic E-state index is 12.5. The first-order valence-corrected chi connectivity index (χ1v) is 11.2. The predicted octanol–water partition coefficient (Wildman–Crippen LogP) is 3.45. The van der Waals surface area contributed by atoms with Crippen LogP contribution in [-0.2, 0) is 9.59 Å². The summed E-state index contributed by atoms with van der Waals surface area (Å²) in [5.41, 5.74) is 2.36. The fourth-order valence-electron chi connectivity index (χ4n) is 3.77. The molecular formula is C23H33N3O4S. The first-order chi connectivity index (χ1) is 14.8. The van der Waals surface area contributed by atoms with Gasteiger partial charge in [0.2, 0.25) is 0 Å². The Morgan fingerprint density at radius 2 is 1.81 bits per heavy atom. The molecule has 1 heterocycles. The lowest BCUT2D eigenvalue weighted by molar-refractivity contribution is -0.133. The standard InChI is InChI=1S/C23H33N3O4S/c1-7-25(8-2)20(28)14-30-18-12-11-17(13-19(18)29-10-4)22-21(16(6)27)15(5)26(9-3)23(31)24-22/h11-13,22H,7-10,14H2,1-6H3,(H,24,31). The third-order valence-corrected chi connectivity index (χ3v) is 5.70. The van der Waals surface area contributed by atoms with Crippen LogP contribution in [0.5, 0.6) is 11.5 Å². The summed E-state index contributed by atoms with van der Waals surface area (Å²) in [6.45, 7) is 13.6. The molecule has 1 unspecified atom stereocenters. The van der Waals surface area contributed by atoms with E-state index < -0.39 is 0 Å². The molecule has 0 radical (unpaired) electrons. The third kappa shape index (κ3) is 5.55. The molecule has 1 aliphatic rings. The number of carbonyl (C=O) groups excluding carboxylic acids is 2. The molecule has 31 heavy (non-hydrogen) atoms. The second-order valence-electron chi connectivity index (χ2n) is 7.18. The van der Waals surface area contributed by atoms with Gasteiger partial charge in [0, 0.05) is 30.9 Å². The van der Waals surface area contributed by atoms with Crippen LogP contribution >= 0.6 is 12.2 Å². The molecule has 0 saturated carbocycles. The number of rotatable bonds is 10. The van der Waals surface area contributed by atoms with Crippen LogP contribution in [0.25, 0.3) is 0 Å². The molecule has 0 aliphatic carbocycles. The number of hydrogen-bond acceptors (Lipinski definition) is 5. The largest absolute Gasteiger partial charge is 0.490 e. The molecule has 0 bridgehead atoms. The van der Waals surface area contributed by atoms with Gasteiger partial charge in [-0.25, -0.2) is 0 Å². The number of ether oxygens (including phenoxy) is 2. The SMILES string of the molecule is CCOc1cc(C2NC(=S)N(CC)C(C)=C2C(C)=O)ccc1OCC(=O)N(CC)CC. The Kier molecular flexibility index (Phi) is 8.86. The first-order valence-electron chi connectivity index (χ1n) is 10.8. The van der Waals surface area contributed by atoms with E-state index in [0.717, 1.165) is 11.3 Å². The lowest BCUT2D eigenvalue weighted by atomic mass is 9.92. The lowest BCUT2D eigenvalue weighted by Crippen LogP contribution is -2.47. The van der Waals surface area contributed by atoms with E-state index in [-0.39, 0.29) is 24.3 Å². The van der Waals surface area contributed by atoms with E-state index in [9.17, 15) is 9.59 Å². The number of carbonyl (C=O) groups is 2. The van der Waals surface area contributed by atoms with Crippen LogP contribution in [0.4, 0.5) is 0 Å². The van der Waals surface area contributed by atoms with Crippen molar-refractivity contribution in [1.82, 2.24) is 15.1 Å². The number of amides is 1. The number of nitrogens with zero attached hydrogens (tertiary/aromatic N) is 2. The topological polar surface area (TPSA) is 71.1 Å². The Balaban J connectivity index is 2.37. The highest BCUT2D eigenvalue weighted by Crippen LogP contribution is 2.36. The predicted molar refractivity (Wildman–Crippen MR) is 125 cm³/mol. The van der Waals surface area contributed by atoms with E-state index in [1.807, 2.05) is 51.7 Å². The van der Waals surface area contributed by atoms with Gasteiger partial charge in [-0.15, -0.1) is 0 Å². The molecule has 1 N–H and O–H groups in total. The van der Waals surface area contributed by atoms with Gasteiger partial charge in [-0.2, -0.15) is 0 Å². The van der Waals surface area contributed by atoms with Crippen LogP contribution in [0, 0.1) is 0 Å². The Labute approximate surface area is 190 Å². The van der Waals surface area contributed by atoms with Gasteiger partial charge in [0.15, 0.2) is 29.0 Å². The molecule has 1 atom stereocenters. The van der Waals surface area contributed by atoms with Crippen molar-refractivity contribution in [2.75, 3.05) is 32.8 Å². The molecule has 1 aliphatic heterocycles. The number of ketones is 1. The van der Waals surface area contributed by atoms with Gasteiger partial charge >= 0.3 is 0 Å². The number of Topliss-reactive ketones (excluding diaryl/α,β-unsaturated/α-hetero) is 1. The number of thiocarbonyl (C=S) groups is 1. The zero-order valence-corrected chi connectivity index (χ0v) is 20.1. The molecule has 0 spiro atoms. The van der Waals surface area contributed by atoms with Crippen molar-refractivity contribution < 1.29 is 19.1 Å². The van der Waals surface area contributed by atoms with E-state index in [1.54, 1.807) is 17.9 Å². The average Bonchev–Trinajstić information content (AvgIpc) is 2.73. The van der Waals surface area contributed by atoms with Crippen molar-refractivity contribution in [3.05, 3.63) is 35.0 Å². The van der Waals surface area contributed by atoms with Crippen molar-refractivity contribution in [3.8, 4) is 11.5 Å². The highest BCUT2D eigenvalue weighted by atomic mass is 32.1. The number of likely N-dealkylation sites (N-methyl/N-ethyl adjacent to an activating group) is 1. The minimum absolute atomic E-state index is 0.0148. The number of nitrogens with one attached hydrogen (secondary N) is 1. The van der Waals surface area contributed by atoms with Crippen LogP contribution in [0.3, 0.4) is 0 Å². The van der Waals surface area contributed by atoms with Gasteiger partial charge in [-0.3, -0.25) is 9.59 Å². The van der Waals surface area contributed by atoms with Crippen molar-refractivity contribution in [3.63, 3.8) is 0 Å². The monoisotopic (exact) mass is 447 g/mol. The minimum atomic E-state index is -0.377. The molecule has 8 heteroatoms. The molecule has 1 aromatic rings. The number of hydrogen-bond donors (Lipinski definition) is 1.